The van der Waals surface area contributed by atoms with Crippen LogP contribution >= 0.6 is 0 Å². The van der Waals surface area contributed by atoms with Crippen LogP contribution in [0.2, 0.25) is 0 Å². The Labute approximate surface area is 117 Å². The number of hydrogen-bond acceptors (Lipinski definition) is 4. The number of phenolic OH excluding ortho intramolecular Hbond substituents is 1. The van der Waals surface area contributed by atoms with Crippen molar-refractivity contribution in [1.82, 2.24) is 0 Å². The summed E-state index contributed by atoms with van der Waals surface area (Å²) in [5, 5.41) is 18.4. The zero-order chi connectivity index (χ0) is 14.7. The molecule has 0 aliphatic carbocycles. The van der Waals surface area contributed by atoms with Gasteiger partial charge >= 0.3 is 5.97 Å². The van der Waals surface area contributed by atoms with Gasteiger partial charge in [-0.3, -0.25) is 0 Å². The van der Waals surface area contributed by atoms with Crippen molar-refractivity contribution in [3.05, 3.63) is 47.4 Å². The molecule has 5 heteroatoms. The van der Waals surface area contributed by atoms with Crippen molar-refractivity contribution in [3.63, 3.8) is 0 Å². The molecule has 0 aliphatic heterocycles. The van der Waals surface area contributed by atoms with Crippen molar-refractivity contribution in [2.75, 3.05) is 11.4 Å². The molecule has 1 aromatic heterocycles. The van der Waals surface area contributed by atoms with Gasteiger partial charge in [0.25, 0.3) is 0 Å². The van der Waals surface area contributed by atoms with Crippen molar-refractivity contribution in [1.29, 1.82) is 0 Å². The van der Waals surface area contributed by atoms with Gasteiger partial charge in [-0.25, -0.2) is 4.79 Å². The summed E-state index contributed by atoms with van der Waals surface area (Å²) >= 11 is 0. The van der Waals surface area contributed by atoms with Crippen LogP contribution in [-0.2, 0) is 6.54 Å². The van der Waals surface area contributed by atoms with Crippen LogP contribution in [0.5, 0.6) is 5.75 Å². The predicted molar refractivity (Wildman–Crippen MR) is 75.2 cm³/mol. The third-order valence-corrected chi connectivity index (χ3v) is 3.13. The molecule has 0 bridgehead atoms. The lowest BCUT2D eigenvalue weighted by Crippen LogP contribution is -2.22. The Hall–Kier alpha value is -2.43. The molecule has 2 N–H and O–H groups in total. The number of furan rings is 1. The van der Waals surface area contributed by atoms with Crippen LogP contribution in [0.1, 0.15) is 28.8 Å². The highest BCUT2D eigenvalue weighted by Crippen LogP contribution is 2.26. The van der Waals surface area contributed by atoms with Gasteiger partial charge in [-0.2, -0.15) is 0 Å². The summed E-state index contributed by atoms with van der Waals surface area (Å²) < 4.78 is 5.27. The number of carboxylic acid groups (broad SMARTS) is 1. The van der Waals surface area contributed by atoms with E-state index in [9.17, 15) is 9.90 Å². The zero-order valence-corrected chi connectivity index (χ0v) is 11.5. The first-order valence-electron chi connectivity index (χ1n) is 6.38. The van der Waals surface area contributed by atoms with Crippen LogP contribution in [0.15, 0.2) is 34.7 Å². The number of aryl methyl sites for hydroxylation is 1. The molecule has 0 atom stereocenters. The summed E-state index contributed by atoms with van der Waals surface area (Å²) in [5.74, 6) is -0.363. The fourth-order valence-corrected chi connectivity index (χ4v) is 2.07. The van der Waals surface area contributed by atoms with Gasteiger partial charge in [0, 0.05) is 18.3 Å². The lowest BCUT2D eigenvalue weighted by molar-refractivity contribution is 0.0660. The van der Waals surface area contributed by atoms with E-state index in [0.717, 1.165) is 11.3 Å². The van der Waals surface area contributed by atoms with E-state index in [4.69, 9.17) is 9.52 Å². The molecule has 20 heavy (non-hydrogen) atoms. The molecule has 0 amide bonds. The molecule has 2 aromatic rings. The van der Waals surface area contributed by atoms with Crippen LogP contribution in [0.3, 0.4) is 0 Å². The van der Waals surface area contributed by atoms with Crippen molar-refractivity contribution >= 4 is 11.7 Å². The van der Waals surface area contributed by atoms with Gasteiger partial charge in [0.05, 0.1) is 6.54 Å². The Bertz CT molecular complexity index is 618. The maximum Gasteiger partial charge on any atom is 0.371 e. The van der Waals surface area contributed by atoms with E-state index in [2.05, 4.69) is 0 Å². The number of aromatic carboxylic acids is 1. The molecule has 0 unspecified atom stereocenters. The summed E-state index contributed by atoms with van der Waals surface area (Å²) in [4.78, 5) is 12.8. The lowest BCUT2D eigenvalue weighted by atomic mass is 10.1. The van der Waals surface area contributed by atoms with Crippen molar-refractivity contribution in [3.8, 4) is 5.75 Å². The molecule has 0 spiro atoms. The van der Waals surface area contributed by atoms with E-state index in [0.29, 0.717) is 18.8 Å². The number of nitrogens with zero attached hydrogens (tertiary/aromatic N) is 1. The maximum atomic E-state index is 10.8. The Morgan fingerprint density at radius 2 is 2.05 bits per heavy atom. The summed E-state index contributed by atoms with van der Waals surface area (Å²) in [5.41, 5.74) is 1.94. The fourth-order valence-electron chi connectivity index (χ4n) is 2.07. The molecular formula is C15H17NO4. The minimum absolute atomic E-state index is 0.0660. The van der Waals surface area contributed by atoms with Crippen LogP contribution in [0.25, 0.3) is 0 Å². The summed E-state index contributed by atoms with van der Waals surface area (Å²) in [6.45, 7) is 5.12. The fraction of sp³-hybridized carbons (Fsp3) is 0.267. The Morgan fingerprint density at radius 3 is 2.65 bits per heavy atom. The largest absolute Gasteiger partial charge is 0.508 e. The summed E-state index contributed by atoms with van der Waals surface area (Å²) in [7, 11) is 0. The third kappa shape index (κ3) is 2.93. The van der Waals surface area contributed by atoms with Gasteiger partial charge in [0.2, 0.25) is 5.76 Å². The van der Waals surface area contributed by atoms with Gasteiger partial charge in [0.15, 0.2) is 0 Å². The second-order valence-corrected chi connectivity index (χ2v) is 4.56. The highest BCUT2D eigenvalue weighted by molar-refractivity contribution is 5.84. The molecular weight excluding hydrogens is 258 g/mol. The average Bonchev–Trinajstić information content (AvgIpc) is 2.88. The molecule has 106 valence electrons. The number of carbonyl (C=O) groups is 1. The van der Waals surface area contributed by atoms with Crippen molar-refractivity contribution < 1.29 is 19.4 Å². The van der Waals surface area contributed by atoms with Crippen LogP contribution in [-0.4, -0.2) is 22.7 Å². The highest BCUT2D eigenvalue weighted by Gasteiger charge is 2.13. The second-order valence-electron chi connectivity index (χ2n) is 4.56. The summed E-state index contributed by atoms with van der Waals surface area (Å²) in [6, 6.07) is 8.28. The maximum absolute atomic E-state index is 10.8. The molecule has 0 aliphatic rings. The minimum atomic E-state index is -1.08. The Balaban J connectivity index is 2.23. The van der Waals surface area contributed by atoms with E-state index in [1.807, 2.05) is 24.8 Å². The van der Waals surface area contributed by atoms with Gasteiger partial charge < -0.3 is 19.5 Å². The van der Waals surface area contributed by atoms with Crippen molar-refractivity contribution in [2.24, 2.45) is 0 Å². The topological polar surface area (TPSA) is 73.9 Å². The Morgan fingerprint density at radius 1 is 1.30 bits per heavy atom. The first-order valence-corrected chi connectivity index (χ1v) is 6.38. The second kappa shape index (κ2) is 5.69. The third-order valence-electron chi connectivity index (χ3n) is 3.13. The standard InChI is InChI=1S/C15H17NO4/c1-3-16(13-8-11(17)5-4-10(13)2)9-12-6-7-14(20-12)15(18)19/h4-8,17H,3,9H2,1-2H3,(H,18,19). The minimum Gasteiger partial charge on any atom is -0.508 e. The number of rotatable bonds is 5. The Kier molecular flexibility index (Phi) is 3.98. The quantitative estimate of drug-likeness (QED) is 0.877. The van der Waals surface area contributed by atoms with E-state index in [-0.39, 0.29) is 11.5 Å². The van der Waals surface area contributed by atoms with E-state index in [1.165, 1.54) is 6.07 Å². The van der Waals surface area contributed by atoms with Gasteiger partial charge in [-0.05, 0) is 37.6 Å². The van der Waals surface area contributed by atoms with Crippen LogP contribution < -0.4 is 4.90 Å². The zero-order valence-electron chi connectivity index (χ0n) is 11.5. The number of anilines is 1. The smallest absolute Gasteiger partial charge is 0.371 e. The number of aromatic hydroxyl groups is 1. The van der Waals surface area contributed by atoms with E-state index < -0.39 is 5.97 Å². The molecule has 2 rings (SSSR count). The van der Waals surface area contributed by atoms with Crippen LogP contribution in [0, 0.1) is 6.92 Å². The molecule has 1 heterocycles. The number of carboxylic acids is 1. The predicted octanol–water partition coefficient (Wildman–Crippen LogP) is 3.02. The lowest BCUT2D eigenvalue weighted by Gasteiger charge is -2.24. The first-order chi connectivity index (χ1) is 9.51. The molecule has 5 nitrogen and oxygen atoms in total. The van der Waals surface area contributed by atoms with E-state index in [1.54, 1.807) is 18.2 Å². The number of benzene rings is 1. The normalized spacial score (nSPS) is 10.5. The van der Waals surface area contributed by atoms with Gasteiger partial charge in [-0.1, -0.05) is 6.07 Å². The van der Waals surface area contributed by atoms with E-state index >= 15 is 0 Å². The van der Waals surface area contributed by atoms with Gasteiger partial charge in [-0.15, -0.1) is 0 Å². The molecule has 0 fully saturated rings. The number of phenols is 1. The van der Waals surface area contributed by atoms with Crippen molar-refractivity contribution in [2.45, 2.75) is 20.4 Å². The average molecular weight is 275 g/mol. The molecule has 0 radical (unpaired) electrons. The monoisotopic (exact) mass is 275 g/mol. The SMILES string of the molecule is CCN(Cc1ccc(C(=O)O)o1)c1cc(O)ccc1C. The highest BCUT2D eigenvalue weighted by atomic mass is 16.4. The summed E-state index contributed by atoms with van der Waals surface area (Å²) in [6.07, 6.45) is 0. The van der Waals surface area contributed by atoms with Gasteiger partial charge in [0.1, 0.15) is 11.5 Å². The number of hydrogen-bond donors (Lipinski definition) is 2. The molecule has 0 saturated heterocycles. The molecule has 0 saturated carbocycles. The molecule has 1 aromatic carbocycles. The van der Waals surface area contributed by atoms with Crippen LogP contribution in [0.4, 0.5) is 5.69 Å². The first kappa shape index (κ1) is 14.0.